The molecule has 15 heavy (non-hydrogen) atoms. The summed E-state index contributed by atoms with van der Waals surface area (Å²) in [6, 6.07) is 0. The minimum atomic E-state index is -0.502. The Morgan fingerprint density at radius 3 is 2.20 bits per heavy atom. The van der Waals surface area contributed by atoms with Crippen LogP contribution >= 0.6 is 0 Å². The van der Waals surface area contributed by atoms with E-state index in [0.717, 1.165) is 13.1 Å². The number of nitrogens with zero attached hydrogens (tertiary/aromatic N) is 1. The van der Waals surface area contributed by atoms with Crippen molar-refractivity contribution >= 4 is 5.91 Å². The number of hydrazine groups is 1. The summed E-state index contributed by atoms with van der Waals surface area (Å²) in [6.07, 6.45) is 1.25. The number of hydrogen-bond donors (Lipinski definition) is 2. The quantitative estimate of drug-likeness (QED) is 0.404. The van der Waals surface area contributed by atoms with Crippen molar-refractivity contribution < 1.29 is 4.79 Å². The Hall–Kier alpha value is -0.610. The highest BCUT2D eigenvalue weighted by molar-refractivity contribution is 5.84. The van der Waals surface area contributed by atoms with Gasteiger partial charge >= 0.3 is 0 Å². The number of rotatable bonds is 2. The molecule has 0 aromatic carbocycles. The Bertz CT molecular complexity index is 230. The molecule has 4 heteroatoms. The molecule has 88 valence electrons. The molecule has 0 bridgehead atoms. The molecule has 1 heterocycles. The smallest absolute Gasteiger partial charge is 0.253 e. The van der Waals surface area contributed by atoms with E-state index in [1.54, 1.807) is 0 Å². The average Bonchev–Trinajstić information content (AvgIpc) is 2.15. The van der Waals surface area contributed by atoms with E-state index in [1.165, 1.54) is 6.42 Å². The lowest BCUT2D eigenvalue weighted by molar-refractivity contribution is -0.133. The van der Waals surface area contributed by atoms with Crippen LogP contribution in [-0.4, -0.2) is 29.4 Å². The highest BCUT2D eigenvalue weighted by Crippen LogP contribution is 2.27. The number of piperidine rings is 1. The fourth-order valence-corrected chi connectivity index (χ4v) is 2.44. The minimum absolute atomic E-state index is 0.108. The summed E-state index contributed by atoms with van der Waals surface area (Å²) < 4.78 is 0. The number of nitrogens with one attached hydrogen (secondary N) is 1. The zero-order chi connectivity index (χ0) is 11.6. The molecule has 2 atom stereocenters. The van der Waals surface area contributed by atoms with Crippen molar-refractivity contribution in [2.75, 3.05) is 13.1 Å². The number of amides is 1. The standard InChI is InChI=1S/C11H23N3O/c1-8-5-9(2)7-14(6-8)11(3,4)10(15)13-12/h8-9H,5-7,12H2,1-4H3,(H,13,15)/t8-,9+. The van der Waals surface area contributed by atoms with Crippen LogP contribution in [0.25, 0.3) is 0 Å². The summed E-state index contributed by atoms with van der Waals surface area (Å²) in [5.74, 6) is 6.40. The summed E-state index contributed by atoms with van der Waals surface area (Å²) in [7, 11) is 0. The van der Waals surface area contributed by atoms with Crippen LogP contribution in [0, 0.1) is 11.8 Å². The van der Waals surface area contributed by atoms with Crippen LogP contribution in [0.2, 0.25) is 0 Å². The maximum absolute atomic E-state index is 11.7. The molecule has 1 fully saturated rings. The first-order valence-corrected chi connectivity index (χ1v) is 5.64. The van der Waals surface area contributed by atoms with Gasteiger partial charge < -0.3 is 0 Å². The van der Waals surface area contributed by atoms with E-state index >= 15 is 0 Å². The normalized spacial score (nSPS) is 28.9. The van der Waals surface area contributed by atoms with Crippen LogP contribution in [-0.2, 0) is 4.79 Å². The van der Waals surface area contributed by atoms with Gasteiger partial charge in [-0.1, -0.05) is 13.8 Å². The summed E-state index contributed by atoms with van der Waals surface area (Å²) in [5.41, 5.74) is 1.75. The van der Waals surface area contributed by atoms with Crippen LogP contribution in [0.1, 0.15) is 34.1 Å². The molecule has 0 aromatic rings. The number of carbonyl (C=O) groups excluding carboxylic acids is 1. The van der Waals surface area contributed by atoms with Gasteiger partial charge in [-0.2, -0.15) is 0 Å². The Morgan fingerprint density at radius 2 is 1.80 bits per heavy atom. The van der Waals surface area contributed by atoms with Crippen molar-refractivity contribution in [2.45, 2.75) is 39.7 Å². The van der Waals surface area contributed by atoms with Crippen molar-refractivity contribution in [3.8, 4) is 0 Å². The molecule has 1 saturated heterocycles. The van der Waals surface area contributed by atoms with Gasteiger partial charge in [0.1, 0.15) is 0 Å². The Morgan fingerprint density at radius 1 is 1.33 bits per heavy atom. The molecule has 1 aliphatic heterocycles. The van der Waals surface area contributed by atoms with Gasteiger partial charge in [-0.15, -0.1) is 0 Å². The molecular formula is C11H23N3O. The molecule has 3 N–H and O–H groups in total. The minimum Gasteiger partial charge on any atom is -0.293 e. The number of hydrogen-bond acceptors (Lipinski definition) is 3. The Balaban J connectivity index is 2.73. The molecule has 1 amide bonds. The molecule has 1 rings (SSSR count). The molecule has 0 aliphatic carbocycles. The lowest BCUT2D eigenvalue weighted by Gasteiger charge is -2.43. The van der Waals surface area contributed by atoms with Gasteiger partial charge in [0, 0.05) is 13.1 Å². The predicted molar refractivity (Wildman–Crippen MR) is 60.9 cm³/mol. The van der Waals surface area contributed by atoms with Gasteiger partial charge in [-0.05, 0) is 32.1 Å². The predicted octanol–water partition coefficient (Wildman–Crippen LogP) is 0.733. The topological polar surface area (TPSA) is 58.4 Å². The fourth-order valence-electron chi connectivity index (χ4n) is 2.44. The number of nitrogens with two attached hydrogens (primary N) is 1. The van der Waals surface area contributed by atoms with Gasteiger partial charge in [0.05, 0.1) is 5.54 Å². The van der Waals surface area contributed by atoms with Crippen LogP contribution in [0.5, 0.6) is 0 Å². The molecule has 4 nitrogen and oxygen atoms in total. The number of carbonyl (C=O) groups is 1. The third-order valence-electron chi connectivity index (χ3n) is 3.35. The van der Waals surface area contributed by atoms with E-state index in [9.17, 15) is 4.79 Å². The lowest BCUT2D eigenvalue weighted by Crippen LogP contribution is -2.59. The van der Waals surface area contributed by atoms with Crippen LogP contribution in [0.3, 0.4) is 0 Å². The first-order valence-electron chi connectivity index (χ1n) is 5.64. The second-order valence-corrected chi connectivity index (χ2v) is 5.38. The van der Waals surface area contributed by atoms with E-state index in [2.05, 4.69) is 24.2 Å². The van der Waals surface area contributed by atoms with Crippen molar-refractivity contribution in [3.63, 3.8) is 0 Å². The average molecular weight is 213 g/mol. The highest BCUT2D eigenvalue weighted by Gasteiger charge is 2.37. The maximum Gasteiger partial charge on any atom is 0.253 e. The summed E-state index contributed by atoms with van der Waals surface area (Å²) >= 11 is 0. The van der Waals surface area contributed by atoms with Crippen molar-refractivity contribution in [2.24, 2.45) is 17.7 Å². The fraction of sp³-hybridized carbons (Fsp3) is 0.909. The summed E-state index contributed by atoms with van der Waals surface area (Å²) in [4.78, 5) is 13.9. The molecule has 0 saturated carbocycles. The number of likely N-dealkylation sites (tertiary alicyclic amines) is 1. The van der Waals surface area contributed by atoms with Gasteiger partial charge in [0.25, 0.3) is 5.91 Å². The van der Waals surface area contributed by atoms with Crippen LogP contribution in [0.4, 0.5) is 0 Å². The SMILES string of the molecule is C[C@@H]1C[C@H](C)CN(C(C)(C)C(=O)NN)C1. The molecule has 0 spiro atoms. The van der Waals surface area contributed by atoms with Gasteiger partial charge in [0.2, 0.25) is 0 Å². The second-order valence-electron chi connectivity index (χ2n) is 5.38. The molecule has 0 aromatic heterocycles. The van der Waals surface area contributed by atoms with Crippen LogP contribution in [0.15, 0.2) is 0 Å². The van der Waals surface area contributed by atoms with E-state index in [-0.39, 0.29) is 5.91 Å². The summed E-state index contributed by atoms with van der Waals surface area (Å²) in [6.45, 7) is 10.3. The van der Waals surface area contributed by atoms with E-state index in [1.807, 2.05) is 13.8 Å². The van der Waals surface area contributed by atoms with E-state index in [0.29, 0.717) is 11.8 Å². The Kier molecular flexibility index (Phi) is 3.73. The van der Waals surface area contributed by atoms with Crippen molar-refractivity contribution in [1.29, 1.82) is 0 Å². The zero-order valence-electron chi connectivity index (χ0n) is 10.2. The largest absolute Gasteiger partial charge is 0.293 e. The first kappa shape index (κ1) is 12.5. The lowest BCUT2D eigenvalue weighted by atomic mass is 9.88. The first-order chi connectivity index (χ1) is 6.87. The van der Waals surface area contributed by atoms with E-state index < -0.39 is 5.54 Å². The molecular weight excluding hydrogens is 190 g/mol. The maximum atomic E-state index is 11.7. The molecule has 0 radical (unpaired) electrons. The second kappa shape index (κ2) is 4.49. The van der Waals surface area contributed by atoms with Crippen molar-refractivity contribution in [3.05, 3.63) is 0 Å². The monoisotopic (exact) mass is 213 g/mol. The van der Waals surface area contributed by atoms with Crippen LogP contribution < -0.4 is 11.3 Å². The van der Waals surface area contributed by atoms with Gasteiger partial charge in [-0.3, -0.25) is 15.1 Å². The third-order valence-corrected chi connectivity index (χ3v) is 3.35. The van der Waals surface area contributed by atoms with E-state index in [4.69, 9.17) is 5.84 Å². The molecule has 0 unspecified atom stereocenters. The molecule has 1 aliphatic rings. The van der Waals surface area contributed by atoms with Crippen molar-refractivity contribution in [1.82, 2.24) is 10.3 Å². The third kappa shape index (κ3) is 2.69. The van der Waals surface area contributed by atoms with Gasteiger partial charge in [-0.25, -0.2) is 5.84 Å². The summed E-state index contributed by atoms with van der Waals surface area (Å²) in [5, 5.41) is 0. The van der Waals surface area contributed by atoms with Gasteiger partial charge in [0.15, 0.2) is 0 Å². The highest BCUT2D eigenvalue weighted by atomic mass is 16.2. The zero-order valence-corrected chi connectivity index (χ0v) is 10.2. The Labute approximate surface area is 92.2 Å².